The van der Waals surface area contributed by atoms with Crippen molar-refractivity contribution in [2.24, 2.45) is 11.3 Å². The van der Waals surface area contributed by atoms with Crippen LogP contribution in [0.5, 0.6) is 5.75 Å². The smallest absolute Gasteiger partial charge is 0.406 e. The molecule has 1 aliphatic carbocycles. The van der Waals surface area contributed by atoms with Crippen molar-refractivity contribution >= 4 is 11.8 Å². The quantitative estimate of drug-likeness (QED) is 0.538. The van der Waals surface area contributed by atoms with Crippen molar-refractivity contribution in [1.82, 2.24) is 15.1 Å². The molecule has 3 fully saturated rings. The number of carbonyl (C=O) groups is 2. The second kappa shape index (κ2) is 10.6. The van der Waals surface area contributed by atoms with Crippen LogP contribution in [0, 0.1) is 11.3 Å². The number of halogens is 3. The van der Waals surface area contributed by atoms with Crippen molar-refractivity contribution in [1.29, 1.82) is 0 Å². The van der Waals surface area contributed by atoms with Crippen LogP contribution in [0.15, 0.2) is 54.6 Å². The van der Waals surface area contributed by atoms with E-state index >= 15 is 0 Å². The summed E-state index contributed by atoms with van der Waals surface area (Å²) in [5.41, 5.74) is 1.52. The molecule has 2 heterocycles. The molecule has 0 radical (unpaired) electrons. The lowest BCUT2D eigenvalue weighted by molar-refractivity contribution is -0.274. The van der Waals surface area contributed by atoms with Gasteiger partial charge in [0, 0.05) is 37.8 Å². The first-order valence-corrected chi connectivity index (χ1v) is 13.4. The third kappa shape index (κ3) is 6.14. The Hall–Kier alpha value is -3.07. The molecular formula is C29H34F3N3O3. The predicted octanol–water partition coefficient (Wildman–Crippen LogP) is 5.17. The number of nitrogens with one attached hydrogen (secondary N) is 1. The lowest BCUT2D eigenvalue weighted by Gasteiger charge is -2.39. The number of hydrogen-bond acceptors (Lipinski definition) is 4. The molecule has 2 amide bonds. The molecule has 2 aromatic rings. The van der Waals surface area contributed by atoms with Crippen LogP contribution in [0.4, 0.5) is 13.2 Å². The summed E-state index contributed by atoms with van der Waals surface area (Å²) >= 11 is 0. The van der Waals surface area contributed by atoms with Crippen LogP contribution in [0.3, 0.4) is 0 Å². The first-order valence-electron chi connectivity index (χ1n) is 13.4. The number of nitrogens with zero attached hydrogens (tertiary/aromatic N) is 2. The Morgan fingerprint density at radius 1 is 0.947 bits per heavy atom. The summed E-state index contributed by atoms with van der Waals surface area (Å²) in [6.07, 6.45) is -0.0813. The zero-order valence-corrected chi connectivity index (χ0v) is 21.5. The summed E-state index contributed by atoms with van der Waals surface area (Å²) < 4.78 is 41.1. The number of ether oxygens (including phenoxy) is 1. The van der Waals surface area contributed by atoms with E-state index < -0.39 is 6.36 Å². The molecule has 0 bridgehead atoms. The third-order valence-corrected chi connectivity index (χ3v) is 8.28. The Kier molecular flexibility index (Phi) is 7.40. The Morgan fingerprint density at radius 3 is 2.13 bits per heavy atom. The zero-order chi connectivity index (χ0) is 26.9. The molecular weight excluding hydrogens is 495 g/mol. The number of carbonyl (C=O) groups excluding carboxylic acids is 2. The van der Waals surface area contributed by atoms with Gasteiger partial charge in [0.1, 0.15) is 5.75 Å². The lowest BCUT2D eigenvalue weighted by atomic mass is 9.77. The predicted molar refractivity (Wildman–Crippen MR) is 136 cm³/mol. The molecule has 38 heavy (non-hydrogen) atoms. The van der Waals surface area contributed by atoms with Crippen molar-refractivity contribution < 1.29 is 27.5 Å². The first kappa shape index (κ1) is 26.5. The maximum Gasteiger partial charge on any atom is 0.573 e. The number of benzene rings is 2. The standard InChI is InChI=1S/C29H34F3N3O3/c1-20(21-5-3-2-4-6-21)33-25(22-7-8-22)27(37)35-18-15-28(19-35)13-16-34(17-14-28)26(36)23-9-11-24(12-10-23)38-29(30,31)32/h2-6,9-12,20,22,25,33H,7-8,13-19H2,1H3. The molecule has 1 saturated carbocycles. The SMILES string of the molecule is CC(NC(C(=O)N1CCC2(CCN(C(=O)c3ccc(OC(F)(F)F)cc3)CC2)C1)C1CC1)c1ccccc1. The van der Waals surface area contributed by atoms with E-state index in [-0.39, 0.29) is 35.1 Å². The summed E-state index contributed by atoms with van der Waals surface area (Å²) in [6, 6.07) is 15.2. The van der Waals surface area contributed by atoms with E-state index in [0.717, 1.165) is 50.8 Å². The number of likely N-dealkylation sites (tertiary alicyclic amines) is 2. The van der Waals surface area contributed by atoms with Crippen LogP contribution in [-0.2, 0) is 4.79 Å². The van der Waals surface area contributed by atoms with E-state index in [2.05, 4.69) is 29.1 Å². The summed E-state index contributed by atoms with van der Waals surface area (Å²) in [6.45, 7) is 4.68. The van der Waals surface area contributed by atoms with E-state index in [4.69, 9.17) is 0 Å². The van der Waals surface area contributed by atoms with E-state index in [9.17, 15) is 22.8 Å². The fourth-order valence-electron chi connectivity index (χ4n) is 5.84. The Bertz CT molecular complexity index is 1130. The van der Waals surface area contributed by atoms with E-state index in [1.807, 2.05) is 23.1 Å². The maximum absolute atomic E-state index is 13.6. The van der Waals surface area contributed by atoms with Gasteiger partial charge in [0.2, 0.25) is 5.91 Å². The third-order valence-electron chi connectivity index (χ3n) is 8.28. The number of amides is 2. The molecule has 2 aromatic carbocycles. The van der Waals surface area contributed by atoms with Crippen molar-refractivity contribution in [2.75, 3.05) is 26.2 Å². The van der Waals surface area contributed by atoms with Gasteiger partial charge in [-0.25, -0.2) is 0 Å². The minimum absolute atomic E-state index is 0.00991. The van der Waals surface area contributed by atoms with E-state index in [0.29, 0.717) is 31.1 Å². The van der Waals surface area contributed by atoms with Crippen molar-refractivity contribution in [2.45, 2.75) is 57.5 Å². The van der Waals surface area contributed by atoms with Gasteiger partial charge in [-0.1, -0.05) is 30.3 Å². The molecule has 0 aromatic heterocycles. The molecule has 5 rings (SSSR count). The molecule has 6 nitrogen and oxygen atoms in total. The van der Waals surface area contributed by atoms with Gasteiger partial charge in [-0.15, -0.1) is 13.2 Å². The summed E-state index contributed by atoms with van der Waals surface area (Å²) in [7, 11) is 0. The molecule has 2 unspecified atom stereocenters. The van der Waals surface area contributed by atoms with Gasteiger partial charge in [-0.3, -0.25) is 14.9 Å². The minimum atomic E-state index is -4.77. The normalized spacial score (nSPS) is 20.8. The number of piperidine rings is 1. The molecule has 2 aliphatic heterocycles. The maximum atomic E-state index is 13.6. The van der Waals surface area contributed by atoms with Crippen LogP contribution in [-0.4, -0.2) is 60.2 Å². The van der Waals surface area contributed by atoms with Crippen molar-refractivity contribution in [3.8, 4) is 5.75 Å². The number of rotatable bonds is 7. The van der Waals surface area contributed by atoms with Gasteiger partial charge in [0.05, 0.1) is 6.04 Å². The molecule has 1 N–H and O–H groups in total. The van der Waals surface area contributed by atoms with Gasteiger partial charge in [-0.05, 0) is 80.2 Å². The summed E-state index contributed by atoms with van der Waals surface area (Å²) in [5, 5.41) is 3.60. The molecule has 2 atom stereocenters. The van der Waals surface area contributed by atoms with Crippen LogP contribution < -0.4 is 10.1 Å². The molecule has 1 spiro atoms. The lowest BCUT2D eigenvalue weighted by Crippen LogP contribution is -2.49. The summed E-state index contributed by atoms with van der Waals surface area (Å²) in [5.74, 6) is 0.0289. The van der Waals surface area contributed by atoms with Crippen LogP contribution in [0.2, 0.25) is 0 Å². The highest BCUT2D eigenvalue weighted by Gasteiger charge is 2.46. The average Bonchev–Trinajstić information content (AvgIpc) is 3.67. The van der Waals surface area contributed by atoms with Gasteiger partial charge in [-0.2, -0.15) is 0 Å². The van der Waals surface area contributed by atoms with Gasteiger partial charge in [0.15, 0.2) is 0 Å². The zero-order valence-electron chi connectivity index (χ0n) is 21.5. The highest BCUT2D eigenvalue weighted by molar-refractivity contribution is 5.94. The highest BCUT2D eigenvalue weighted by Crippen LogP contribution is 2.42. The fraction of sp³-hybridized carbons (Fsp3) is 0.517. The molecule has 9 heteroatoms. The highest BCUT2D eigenvalue weighted by atomic mass is 19.4. The van der Waals surface area contributed by atoms with Crippen molar-refractivity contribution in [3.05, 3.63) is 65.7 Å². The second-order valence-corrected chi connectivity index (χ2v) is 11.0. The first-order chi connectivity index (χ1) is 18.1. The average molecular weight is 530 g/mol. The monoisotopic (exact) mass is 529 g/mol. The van der Waals surface area contributed by atoms with Gasteiger partial charge >= 0.3 is 6.36 Å². The van der Waals surface area contributed by atoms with Crippen molar-refractivity contribution in [3.63, 3.8) is 0 Å². The Labute approximate surface area is 221 Å². The molecule has 3 aliphatic rings. The largest absolute Gasteiger partial charge is 0.573 e. The van der Waals surface area contributed by atoms with Gasteiger partial charge < -0.3 is 14.5 Å². The fourth-order valence-corrected chi connectivity index (χ4v) is 5.84. The topological polar surface area (TPSA) is 61.9 Å². The Balaban J connectivity index is 1.15. The van der Waals surface area contributed by atoms with E-state index in [1.54, 1.807) is 4.90 Å². The van der Waals surface area contributed by atoms with Crippen LogP contribution >= 0.6 is 0 Å². The molecule has 204 valence electrons. The van der Waals surface area contributed by atoms with E-state index in [1.165, 1.54) is 17.7 Å². The number of alkyl halides is 3. The minimum Gasteiger partial charge on any atom is -0.406 e. The van der Waals surface area contributed by atoms with Crippen LogP contribution in [0.1, 0.15) is 61.0 Å². The Morgan fingerprint density at radius 2 is 1.55 bits per heavy atom. The second-order valence-electron chi connectivity index (χ2n) is 11.0. The summed E-state index contributed by atoms with van der Waals surface area (Å²) in [4.78, 5) is 30.3. The van der Waals surface area contributed by atoms with Gasteiger partial charge in [0.25, 0.3) is 5.91 Å². The number of hydrogen-bond donors (Lipinski definition) is 1. The molecule has 2 saturated heterocycles. The van der Waals surface area contributed by atoms with Crippen LogP contribution in [0.25, 0.3) is 0 Å².